The molecule has 0 radical (unpaired) electrons. The normalized spacial score (nSPS) is 10.5. The molecule has 1 heterocycles. The van der Waals surface area contributed by atoms with E-state index in [4.69, 9.17) is 4.74 Å². The molecule has 1 N–H and O–H groups in total. The number of benzene rings is 2. The highest BCUT2D eigenvalue weighted by Crippen LogP contribution is 2.25. The van der Waals surface area contributed by atoms with E-state index in [1.165, 1.54) is 11.3 Å². The molecule has 0 fully saturated rings. The molecule has 0 spiro atoms. The molecule has 0 aliphatic heterocycles. The number of para-hydroxylation sites is 1. The molecule has 3 aromatic rings. The molecule has 6 nitrogen and oxygen atoms in total. The standard InChI is InChI=1S/C20H18N2O4S/c23-16(19(25)26-13-14-7-2-1-3-8-14)10-6-12-18(24)22-20-21-15-9-4-5-11-17(15)27-20/h1-5,7-9,11H,6,10,12-13H2,(H,21,22,24). The van der Waals surface area contributed by atoms with Crippen LogP contribution in [0.3, 0.4) is 0 Å². The number of hydrogen-bond donors (Lipinski definition) is 1. The topological polar surface area (TPSA) is 85.4 Å². The van der Waals surface area contributed by atoms with Crippen molar-refractivity contribution in [2.75, 3.05) is 5.32 Å². The lowest BCUT2D eigenvalue weighted by molar-refractivity contribution is -0.155. The quantitative estimate of drug-likeness (QED) is 0.474. The van der Waals surface area contributed by atoms with Crippen LogP contribution in [0.2, 0.25) is 0 Å². The molecule has 0 saturated carbocycles. The maximum absolute atomic E-state index is 12.0. The van der Waals surface area contributed by atoms with Gasteiger partial charge in [-0.05, 0) is 24.1 Å². The molecule has 7 heteroatoms. The summed E-state index contributed by atoms with van der Waals surface area (Å²) >= 11 is 1.39. The summed E-state index contributed by atoms with van der Waals surface area (Å²) in [6.45, 7) is 0.0590. The Hall–Kier alpha value is -3.06. The third-order valence-corrected chi connectivity index (χ3v) is 4.74. The smallest absolute Gasteiger partial charge is 0.374 e. The molecule has 2 aromatic carbocycles. The molecule has 0 atom stereocenters. The van der Waals surface area contributed by atoms with Crippen LogP contribution in [-0.4, -0.2) is 22.6 Å². The number of anilines is 1. The monoisotopic (exact) mass is 382 g/mol. The molecule has 0 bridgehead atoms. The minimum absolute atomic E-state index is 0.0269. The lowest BCUT2D eigenvalue weighted by Gasteiger charge is -2.04. The van der Waals surface area contributed by atoms with Crippen LogP contribution in [0.1, 0.15) is 24.8 Å². The first-order chi connectivity index (χ1) is 13.1. The van der Waals surface area contributed by atoms with E-state index in [2.05, 4.69) is 10.3 Å². The van der Waals surface area contributed by atoms with Crippen molar-refractivity contribution in [2.24, 2.45) is 0 Å². The lowest BCUT2D eigenvalue weighted by Crippen LogP contribution is -2.18. The maximum Gasteiger partial charge on any atom is 0.374 e. The van der Waals surface area contributed by atoms with Crippen LogP contribution >= 0.6 is 11.3 Å². The predicted octanol–water partition coefficient (Wildman–Crippen LogP) is 3.72. The number of carbonyl (C=O) groups excluding carboxylic acids is 3. The van der Waals surface area contributed by atoms with Gasteiger partial charge in [0.1, 0.15) is 6.61 Å². The van der Waals surface area contributed by atoms with E-state index in [0.717, 1.165) is 15.8 Å². The fraction of sp³-hybridized carbons (Fsp3) is 0.200. The van der Waals surface area contributed by atoms with Crippen molar-refractivity contribution in [1.82, 2.24) is 4.98 Å². The van der Waals surface area contributed by atoms with E-state index < -0.39 is 11.8 Å². The van der Waals surface area contributed by atoms with E-state index in [0.29, 0.717) is 5.13 Å². The van der Waals surface area contributed by atoms with Gasteiger partial charge >= 0.3 is 5.97 Å². The first kappa shape index (κ1) is 18.7. The number of nitrogens with one attached hydrogen (secondary N) is 1. The SMILES string of the molecule is O=C(CCCC(=O)C(=O)OCc1ccccc1)Nc1nc2ccccc2s1. The van der Waals surface area contributed by atoms with Crippen LogP contribution in [-0.2, 0) is 25.7 Å². The van der Waals surface area contributed by atoms with Gasteiger partial charge < -0.3 is 10.1 Å². The second kappa shape index (κ2) is 9.05. The van der Waals surface area contributed by atoms with Gasteiger partial charge in [0.05, 0.1) is 10.2 Å². The summed E-state index contributed by atoms with van der Waals surface area (Å²) in [4.78, 5) is 39.8. The number of amides is 1. The predicted molar refractivity (Wildman–Crippen MR) is 103 cm³/mol. The van der Waals surface area contributed by atoms with Crippen LogP contribution in [0.25, 0.3) is 10.2 Å². The van der Waals surface area contributed by atoms with Crippen LogP contribution < -0.4 is 5.32 Å². The highest BCUT2D eigenvalue weighted by Gasteiger charge is 2.16. The number of rotatable bonds is 8. The van der Waals surface area contributed by atoms with Crippen molar-refractivity contribution < 1.29 is 19.1 Å². The van der Waals surface area contributed by atoms with Crippen LogP contribution in [0.5, 0.6) is 0 Å². The number of Topliss-reactive ketones (excluding diaryl/α,β-unsaturated/α-hetero) is 1. The minimum Gasteiger partial charge on any atom is -0.455 e. The molecule has 0 saturated heterocycles. The maximum atomic E-state index is 12.0. The zero-order chi connectivity index (χ0) is 19.1. The van der Waals surface area contributed by atoms with Gasteiger partial charge in [-0.25, -0.2) is 9.78 Å². The lowest BCUT2D eigenvalue weighted by atomic mass is 10.1. The van der Waals surface area contributed by atoms with Gasteiger partial charge in [0, 0.05) is 12.8 Å². The minimum atomic E-state index is -0.870. The Morgan fingerprint density at radius 3 is 2.48 bits per heavy atom. The number of hydrogen-bond acceptors (Lipinski definition) is 6. The van der Waals surface area contributed by atoms with Crippen LogP contribution in [0.15, 0.2) is 54.6 Å². The van der Waals surface area contributed by atoms with Crippen molar-refractivity contribution in [3.63, 3.8) is 0 Å². The van der Waals surface area contributed by atoms with E-state index in [1.807, 2.05) is 54.6 Å². The Morgan fingerprint density at radius 2 is 1.70 bits per heavy atom. The van der Waals surface area contributed by atoms with Crippen LogP contribution in [0.4, 0.5) is 5.13 Å². The van der Waals surface area contributed by atoms with E-state index in [-0.39, 0.29) is 31.8 Å². The molecule has 27 heavy (non-hydrogen) atoms. The van der Waals surface area contributed by atoms with Gasteiger partial charge in [-0.2, -0.15) is 0 Å². The number of nitrogens with zero attached hydrogens (tertiary/aromatic N) is 1. The summed E-state index contributed by atoms with van der Waals surface area (Å²) in [5.41, 5.74) is 1.64. The largest absolute Gasteiger partial charge is 0.455 e. The third-order valence-electron chi connectivity index (χ3n) is 3.79. The van der Waals surface area contributed by atoms with Crippen molar-refractivity contribution in [3.8, 4) is 0 Å². The summed E-state index contributed by atoms with van der Waals surface area (Å²) in [6, 6.07) is 16.7. The van der Waals surface area contributed by atoms with Crippen molar-refractivity contribution in [3.05, 3.63) is 60.2 Å². The van der Waals surface area contributed by atoms with E-state index in [9.17, 15) is 14.4 Å². The summed E-state index contributed by atoms with van der Waals surface area (Å²) < 4.78 is 5.97. The molecule has 1 amide bonds. The fourth-order valence-electron chi connectivity index (χ4n) is 2.42. The second-order valence-electron chi connectivity index (χ2n) is 5.87. The molecular formula is C20H18N2O4S. The van der Waals surface area contributed by atoms with Gasteiger partial charge in [0.15, 0.2) is 5.13 Å². The zero-order valence-corrected chi connectivity index (χ0v) is 15.3. The number of aromatic nitrogens is 1. The van der Waals surface area contributed by atoms with Gasteiger partial charge in [0.25, 0.3) is 0 Å². The number of ketones is 1. The first-order valence-corrected chi connectivity index (χ1v) is 9.33. The average Bonchev–Trinajstić information content (AvgIpc) is 3.08. The Balaban J connectivity index is 1.38. The summed E-state index contributed by atoms with van der Waals surface area (Å²) in [5, 5.41) is 3.24. The first-order valence-electron chi connectivity index (χ1n) is 8.51. The van der Waals surface area contributed by atoms with Crippen molar-refractivity contribution in [2.45, 2.75) is 25.9 Å². The van der Waals surface area contributed by atoms with Gasteiger partial charge in [-0.1, -0.05) is 53.8 Å². The number of fused-ring (bicyclic) bond motifs is 1. The van der Waals surface area contributed by atoms with Crippen molar-refractivity contribution in [1.29, 1.82) is 0 Å². The molecule has 0 aliphatic rings. The number of carbonyl (C=O) groups is 3. The van der Waals surface area contributed by atoms with Gasteiger partial charge in [0.2, 0.25) is 11.7 Å². The summed E-state index contributed by atoms with van der Waals surface area (Å²) in [7, 11) is 0. The fourth-order valence-corrected chi connectivity index (χ4v) is 3.30. The zero-order valence-electron chi connectivity index (χ0n) is 14.5. The average molecular weight is 382 g/mol. The molecule has 3 rings (SSSR count). The Labute approximate surface area is 160 Å². The summed E-state index contributed by atoms with van der Waals surface area (Å²) in [5.74, 6) is -1.73. The van der Waals surface area contributed by atoms with Gasteiger partial charge in [-0.3, -0.25) is 9.59 Å². The molecule has 1 aromatic heterocycles. The molecule has 0 aliphatic carbocycles. The van der Waals surface area contributed by atoms with E-state index >= 15 is 0 Å². The van der Waals surface area contributed by atoms with Gasteiger partial charge in [-0.15, -0.1) is 0 Å². The number of esters is 1. The second-order valence-corrected chi connectivity index (χ2v) is 6.90. The molecule has 0 unspecified atom stereocenters. The Kier molecular flexibility index (Phi) is 6.27. The Bertz CT molecular complexity index is 920. The molecule has 138 valence electrons. The number of ether oxygens (including phenoxy) is 1. The highest BCUT2D eigenvalue weighted by atomic mass is 32.1. The van der Waals surface area contributed by atoms with Crippen molar-refractivity contribution >= 4 is 44.3 Å². The third kappa shape index (κ3) is 5.46. The van der Waals surface area contributed by atoms with E-state index in [1.54, 1.807) is 0 Å². The summed E-state index contributed by atoms with van der Waals surface area (Å²) in [6.07, 6.45) is 0.379. The number of thiazole rings is 1. The molecular weight excluding hydrogens is 364 g/mol. The Morgan fingerprint density at radius 1 is 0.963 bits per heavy atom. The highest BCUT2D eigenvalue weighted by molar-refractivity contribution is 7.22. The van der Waals surface area contributed by atoms with Crippen LogP contribution in [0, 0.1) is 0 Å².